The van der Waals surface area contributed by atoms with Gasteiger partial charge in [0.05, 0.1) is 32.0 Å². The van der Waals surface area contributed by atoms with Crippen LogP contribution in [0.3, 0.4) is 0 Å². The molecule has 0 spiro atoms. The maximum atomic E-state index is 11.5. The molecule has 9 heteroatoms. The third-order valence-electron chi connectivity index (χ3n) is 4.38. The van der Waals surface area contributed by atoms with Crippen molar-refractivity contribution in [2.45, 2.75) is 26.9 Å². The summed E-state index contributed by atoms with van der Waals surface area (Å²) in [4.78, 5) is 15.9. The van der Waals surface area contributed by atoms with Gasteiger partial charge in [0.2, 0.25) is 5.13 Å². The van der Waals surface area contributed by atoms with Crippen molar-refractivity contribution < 1.29 is 19.0 Å². The summed E-state index contributed by atoms with van der Waals surface area (Å²) in [5, 5.41) is 7.31. The van der Waals surface area contributed by atoms with E-state index in [4.69, 9.17) is 25.8 Å². The molecule has 0 aliphatic heterocycles. The predicted molar refractivity (Wildman–Crippen MR) is 127 cm³/mol. The van der Waals surface area contributed by atoms with Crippen LogP contribution in [0.15, 0.2) is 46.9 Å². The summed E-state index contributed by atoms with van der Waals surface area (Å²) in [6.45, 7) is 4.41. The van der Waals surface area contributed by atoms with Crippen molar-refractivity contribution in [3.8, 4) is 11.5 Å². The topological polar surface area (TPSA) is 82.0 Å². The van der Waals surface area contributed by atoms with Crippen LogP contribution in [0, 0.1) is 6.92 Å². The van der Waals surface area contributed by atoms with Crippen LogP contribution in [0.5, 0.6) is 11.5 Å². The highest BCUT2D eigenvalue weighted by molar-refractivity contribution is 7.13. The zero-order valence-electron chi connectivity index (χ0n) is 18.1. The van der Waals surface area contributed by atoms with Gasteiger partial charge < -0.3 is 14.2 Å². The van der Waals surface area contributed by atoms with E-state index in [0.717, 1.165) is 28.2 Å². The smallest absolute Gasteiger partial charge is 0.311 e. The monoisotopic (exact) mass is 473 g/mol. The molecule has 7 nitrogen and oxygen atoms in total. The lowest BCUT2D eigenvalue weighted by Crippen LogP contribution is -2.07. The van der Waals surface area contributed by atoms with Gasteiger partial charge in [-0.2, -0.15) is 5.10 Å². The van der Waals surface area contributed by atoms with Crippen LogP contribution in [0.25, 0.3) is 0 Å². The van der Waals surface area contributed by atoms with Gasteiger partial charge in [-0.3, -0.25) is 10.2 Å². The number of anilines is 1. The minimum absolute atomic E-state index is 0.144. The average Bonchev–Trinajstić information content (AvgIpc) is 3.20. The van der Waals surface area contributed by atoms with Gasteiger partial charge in [0, 0.05) is 16.0 Å². The van der Waals surface area contributed by atoms with E-state index in [-0.39, 0.29) is 12.4 Å². The summed E-state index contributed by atoms with van der Waals surface area (Å²) in [6.07, 6.45) is 1.83. The Labute approximate surface area is 196 Å². The number of methoxy groups -OCH3 is 1. The summed E-state index contributed by atoms with van der Waals surface area (Å²) in [7, 11) is 1.62. The van der Waals surface area contributed by atoms with Crippen molar-refractivity contribution in [2.75, 3.05) is 19.1 Å². The lowest BCUT2D eigenvalue weighted by atomic mass is 10.1. The number of hydrogen-bond donors (Lipinski definition) is 1. The maximum absolute atomic E-state index is 11.5. The Balaban J connectivity index is 1.62. The molecule has 0 aliphatic carbocycles. The highest BCUT2D eigenvalue weighted by Gasteiger charge is 2.09. The van der Waals surface area contributed by atoms with Gasteiger partial charge in [-0.15, -0.1) is 11.3 Å². The Kier molecular flexibility index (Phi) is 8.47. The van der Waals surface area contributed by atoms with Gasteiger partial charge >= 0.3 is 5.97 Å². The van der Waals surface area contributed by atoms with Gasteiger partial charge in [0.15, 0.2) is 0 Å². The van der Waals surface area contributed by atoms with Crippen LogP contribution in [0.1, 0.15) is 29.3 Å². The number of nitrogens with zero attached hydrogens (tertiary/aromatic N) is 2. The number of thiazole rings is 1. The average molecular weight is 474 g/mol. The third kappa shape index (κ3) is 6.70. The zero-order chi connectivity index (χ0) is 22.9. The molecule has 2 aromatic carbocycles. The molecule has 0 fully saturated rings. The number of halogens is 1. The fourth-order valence-electron chi connectivity index (χ4n) is 2.88. The van der Waals surface area contributed by atoms with Crippen LogP contribution in [-0.2, 0) is 22.6 Å². The second-order valence-electron chi connectivity index (χ2n) is 6.77. The lowest BCUT2D eigenvalue weighted by Gasteiger charge is -2.13. The molecule has 0 amide bonds. The van der Waals surface area contributed by atoms with Gasteiger partial charge in [0.25, 0.3) is 0 Å². The van der Waals surface area contributed by atoms with Gasteiger partial charge in [0.1, 0.15) is 18.1 Å². The number of hydrogen-bond acceptors (Lipinski definition) is 8. The molecule has 0 saturated heterocycles. The SMILES string of the molecule is CCOC(=O)Cc1csc(NN=Cc2ccc(OC)c(COc3ccc(Cl)cc3C)c2)n1. The van der Waals surface area contributed by atoms with Gasteiger partial charge in [-0.1, -0.05) is 11.6 Å². The fourth-order valence-corrected chi connectivity index (χ4v) is 3.77. The van der Waals surface area contributed by atoms with Gasteiger partial charge in [-0.05, 0) is 61.4 Å². The first-order valence-corrected chi connectivity index (χ1v) is 11.2. The number of ether oxygens (including phenoxy) is 3. The van der Waals surface area contributed by atoms with E-state index in [1.165, 1.54) is 11.3 Å². The molecule has 0 atom stereocenters. The largest absolute Gasteiger partial charge is 0.496 e. The number of rotatable bonds is 10. The molecular formula is C23H24ClN3O4S. The van der Waals surface area contributed by atoms with Crippen molar-refractivity contribution in [3.63, 3.8) is 0 Å². The fraction of sp³-hybridized carbons (Fsp3) is 0.261. The number of aromatic nitrogens is 1. The Bertz CT molecular complexity index is 1100. The number of aryl methyl sites for hydroxylation is 1. The minimum atomic E-state index is -0.297. The lowest BCUT2D eigenvalue weighted by molar-refractivity contribution is -0.142. The molecule has 168 valence electrons. The molecule has 0 unspecified atom stereocenters. The van der Waals surface area contributed by atoms with Crippen molar-refractivity contribution >= 4 is 40.3 Å². The van der Waals surface area contributed by atoms with Crippen molar-refractivity contribution in [2.24, 2.45) is 5.10 Å². The molecule has 1 heterocycles. The molecule has 0 saturated carbocycles. The van der Waals surface area contributed by atoms with Gasteiger partial charge in [-0.25, -0.2) is 4.98 Å². The second-order valence-corrected chi connectivity index (χ2v) is 8.06. The molecule has 3 rings (SSSR count). The molecule has 32 heavy (non-hydrogen) atoms. The quantitative estimate of drug-likeness (QED) is 0.246. The van der Waals surface area contributed by atoms with Crippen LogP contribution in [0.4, 0.5) is 5.13 Å². The summed E-state index contributed by atoms with van der Waals surface area (Å²) < 4.78 is 16.3. The molecule has 1 N–H and O–H groups in total. The highest BCUT2D eigenvalue weighted by atomic mass is 35.5. The summed E-state index contributed by atoms with van der Waals surface area (Å²) in [5.41, 5.74) is 6.25. The molecule has 0 aliphatic rings. The normalized spacial score (nSPS) is 10.9. The summed E-state index contributed by atoms with van der Waals surface area (Å²) >= 11 is 7.38. The molecule has 3 aromatic rings. The molecule has 0 bridgehead atoms. The molecular weight excluding hydrogens is 450 g/mol. The first-order valence-electron chi connectivity index (χ1n) is 9.93. The van der Waals surface area contributed by atoms with E-state index >= 15 is 0 Å². The van der Waals surface area contributed by atoms with Crippen LogP contribution in [-0.4, -0.2) is 30.9 Å². The third-order valence-corrected chi connectivity index (χ3v) is 5.41. The second kappa shape index (κ2) is 11.5. The van der Waals surface area contributed by atoms with Crippen molar-refractivity contribution in [1.82, 2.24) is 4.98 Å². The number of carbonyl (C=O) groups is 1. The number of nitrogens with one attached hydrogen (secondary N) is 1. The number of esters is 1. The first-order chi connectivity index (χ1) is 15.5. The van der Waals surface area contributed by atoms with Crippen molar-refractivity contribution in [3.05, 3.63) is 69.2 Å². The molecule has 1 aromatic heterocycles. The number of hydrazone groups is 1. The Morgan fingerprint density at radius 1 is 1.25 bits per heavy atom. The Morgan fingerprint density at radius 3 is 2.81 bits per heavy atom. The standard InChI is InChI=1S/C23H24ClN3O4S/c1-4-30-22(28)11-19-14-32-23(26-19)27-25-12-16-5-7-21(29-3)17(10-16)13-31-20-8-6-18(24)9-15(20)2/h5-10,12,14H,4,11,13H2,1-3H3,(H,26,27). The summed E-state index contributed by atoms with van der Waals surface area (Å²) in [6, 6.07) is 11.2. The number of carbonyl (C=O) groups excluding carboxylic acids is 1. The van der Waals surface area contributed by atoms with Crippen LogP contribution in [0.2, 0.25) is 5.02 Å². The van der Waals surface area contributed by atoms with Crippen LogP contribution < -0.4 is 14.9 Å². The maximum Gasteiger partial charge on any atom is 0.311 e. The Hall–Kier alpha value is -3.10. The van der Waals surface area contributed by atoms with E-state index in [2.05, 4.69) is 15.5 Å². The minimum Gasteiger partial charge on any atom is -0.496 e. The van der Waals surface area contributed by atoms with E-state index in [1.807, 2.05) is 37.3 Å². The zero-order valence-corrected chi connectivity index (χ0v) is 19.6. The first kappa shape index (κ1) is 23.6. The number of benzene rings is 2. The van der Waals surface area contributed by atoms with E-state index in [1.54, 1.807) is 31.7 Å². The molecule has 0 radical (unpaired) electrons. The Morgan fingerprint density at radius 2 is 2.06 bits per heavy atom. The van der Waals surface area contributed by atoms with E-state index in [0.29, 0.717) is 29.1 Å². The van der Waals surface area contributed by atoms with E-state index < -0.39 is 0 Å². The predicted octanol–water partition coefficient (Wildman–Crippen LogP) is 5.24. The van der Waals surface area contributed by atoms with E-state index in [9.17, 15) is 4.79 Å². The van der Waals surface area contributed by atoms with Crippen LogP contribution >= 0.6 is 22.9 Å². The van der Waals surface area contributed by atoms with Crippen molar-refractivity contribution in [1.29, 1.82) is 0 Å². The summed E-state index contributed by atoms with van der Waals surface area (Å²) in [5.74, 6) is 1.19. The highest BCUT2D eigenvalue weighted by Crippen LogP contribution is 2.25.